The van der Waals surface area contributed by atoms with Gasteiger partial charge in [0.05, 0.1) is 5.69 Å². The van der Waals surface area contributed by atoms with Gasteiger partial charge in [-0.1, -0.05) is 0 Å². The molecule has 5 nitrogen and oxygen atoms in total. The van der Waals surface area contributed by atoms with Gasteiger partial charge < -0.3 is 0 Å². The molecule has 1 fully saturated rings. The van der Waals surface area contributed by atoms with Crippen molar-refractivity contribution >= 4 is 29.5 Å². The van der Waals surface area contributed by atoms with Crippen LogP contribution in [0.4, 0.5) is 10.1 Å². The van der Waals surface area contributed by atoms with E-state index in [-0.39, 0.29) is 11.7 Å². The maximum absolute atomic E-state index is 13.0. The maximum atomic E-state index is 13.0. The molecular formula is C14H11FN4O. The first-order valence-corrected chi connectivity index (χ1v) is 6.53. The van der Waals surface area contributed by atoms with Crippen LogP contribution < -0.4 is 5.01 Å². The third-order valence-corrected chi connectivity index (χ3v) is 3.56. The highest BCUT2D eigenvalue weighted by atomic mass is 19.1. The molecule has 0 radical (unpaired) electrons. The second-order valence-corrected chi connectivity index (χ2v) is 5.08. The molecule has 1 saturated carbocycles. The normalized spacial score (nSPS) is 24.6. The predicted molar refractivity (Wildman–Crippen MR) is 73.5 cm³/mol. The molecule has 1 amide bonds. The van der Waals surface area contributed by atoms with E-state index in [1.54, 1.807) is 17.1 Å². The van der Waals surface area contributed by atoms with Crippen molar-refractivity contribution < 1.29 is 9.18 Å². The Morgan fingerprint density at radius 1 is 1.15 bits per heavy atom. The Morgan fingerprint density at radius 2 is 1.90 bits per heavy atom. The minimum Gasteiger partial charge on any atom is -0.271 e. The van der Waals surface area contributed by atoms with E-state index in [0.29, 0.717) is 23.3 Å². The molecule has 1 aromatic carbocycles. The van der Waals surface area contributed by atoms with Gasteiger partial charge in [-0.2, -0.15) is 10.1 Å². The lowest BCUT2D eigenvalue weighted by Crippen LogP contribution is -2.35. The molecule has 1 aliphatic carbocycles. The summed E-state index contributed by atoms with van der Waals surface area (Å²) < 4.78 is 13.0. The van der Waals surface area contributed by atoms with Gasteiger partial charge in [0.2, 0.25) is 0 Å². The van der Waals surface area contributed by atoms with E-state index >= 15 is 0 Å². The SMILES string of the molecule is O=C1N=C(C2CC2)N=C2C1C=NN2c1ccc(F)cc1. The van der Waals surface area contributed by atoms with Gasteiger partial charge in [-0.3, -0.25) is 4.79 Å². The fraction of sp³-hybridized carbons (Fsp3) is 0.286. The average Bonchev–Trinajstić information content (AvgIpc) is 3.20. The number of anilines is 1. The molecule has 0 saturated heterocycles. The van der Waals surface area contributed by atoms with Gasteiger partial charge >= 0.3 is 0 Å². The van der Waals surface area contributed by atoms with E-state index in [1.165, 1.54) is 18.3 Å². The van der Waals surface area contributed by atoms with E-state index in [4.69, 9.17) is 0 Å². The summed E-state index contributed by atoms with van der Waals surface area (Å²) in [5.74, 6) is 0.448. The number of aliphatic imine (C=N–C) groups is 2. The van der Waals surface area contributed by atoms with E-state index < -0.39 is 5.92 Å². The third kappa shape index (κ3) is 1.76. The van der Waals surface area contributed by atoms with Crippen molar-refractivity contribution in [2.24, 2.45) is 26.9 Å². The zero-order chi connectivity index (χ0) is 13.7. The average molecular weight is 270 g/mol. The molecule has 2 aliphatic heterocycles. The number of nitrogens with zero attached hydrogens (tertiary/aromatic N) is 4. The predicted octanol–water partition coefficient (Wildman–Crippen LogP) is 1.99. The van der Waals surface area contributed by atoms with Crippen LogP contribution in [0.3, 0.4) is 0 Å². The molecule has 0 aromatic heterocycles. The first-order valence-electron chi connectivity index (χ1n) is 6.53. The summed E-state index contributed by atoms with van der Waals surface area (Å²) in [6.45, 7) is 0. The molecule has 2 heterocycles. The fourth-order valence-electron chi connectivity index (χ4n) is 2.31. The minimum atomic E-state index is -0.512. The molecule has 6 heteroatoms. The highest BCUT2D eigenvalue weighted by Crippen LogP contribution is 2.34. The van der Waals surface area contributed by atoms with Crippen LogP contribution >= 0.6 is 0 Å². The lowest BCUT2D eigenvalue weighted by molar-refractivity contribution is -0.118. The Bertz CT molecular complexity index is 673. The summed E-state index contributed by atoms with van der Waals surface area (Å²) in [7, 11) is 0. The van der Waals surface area contributed by atoms with E-state index in [9.17, 15) is 9.18 Å². The zero-order valence-electron chi connectivity index (χ0n) is 10.5. The number of hydrazone groups is 1. The number of hydrogen-bond donors (Lipinski definition) is 0. The third-order valence-electron chi connectivity index (χ3n) is 3.56. The van der Waals surface area contributed by atoms with Crippen molar-refractivity contribution in [1.29, 1.82) is 0 Å². The molecule has 4 rings (SSSR count). The van der Waals surface area contributed by atoms with E-state index in [1.807, 2.05) is 0 Å². The Kier molecular flexibility index (Phi) is 2.33. The topological polar surface area (TPSA) is 57.4 Å². The number of fused-ring (bicyclic) bond motifs is 1. The van der Waals surface area contributed by atoms with Crippen LogP contribution in [-0.4, -0.2) is 23.8 Å². The summed E-state index contributed by atoms with van der Waals surface area (Å²) in [5.41, 5.74) is 0.689. The van der Waals surface area contributed by atoms with Crippen LogP contribution in [0.5, 0.6) is 0 Å². The van der Waals surface area contributed by atoms with Crippen LogP contribution in [0.1, 0.15) is 12.8 Å². The number of rotatable bonds is 2. The van der Waals surface area contributed by atoms with Gasteiger partial charge in [-0.25, -0.2) is 14.4 Å². The fourth-order valence-corrected chi connectivity index (χ4v) is 2.31. The summed E-state index contributed by atoms with van der Waals surface area (Å²) in [6.07, 6.45) is 3.60. The number of benzene rings is 1. The van der Waals surface area contributed by atoms with Crippen molar-refractivity contribution in [3.63, 3.8) is 0 Å². The van der Waals surface area contributed by atoms with Crippen LogP contribution in [0.15, 0.2) is 39.4 Å². The van der Waals surface area contributed by atoms with Crippen molar-refractivity contribution in [3.8, 4) is 0 Å². The lowest BCUT2D eigenvalue weighted by atomic mass is 10.1. The van der Waals surface area contributed by atoms with Crippen molar-refractivity contribution in [2.75, 3.05) is 5.01 Å². The number of carbonyl (C=O) groups is 1. The molecule has 1 atom stereocenters. The smallest absolute Gasteiger partial charge is 0.263 e. The Labute approximate surface area is 114 Å². The Balaban J connectivity index is 1.72. The molecule has 1 unspecified atom stereocenters. The molecule has 20 heavy (non-hydrogen) atoms. The van der Waals surface area contributed by atoms with Crippen molar-refractivity contribution in [3.05, 3.63) is 30.1 Å². The molecule has 0 N–H and O–H groups in total. The van der Waals surface area contributed by atoms with Crippen LogP contribution in [-0.2, 0) is 4.79 Å². The lowest BCUT2D eigenvalue weighted by Gasteiger charge is -2.20. The monoisotopic (exact) mass is 270 g/mol. The molecule has 0 bridgehead atoms. The van der Waals surface area contributed by atoms with Gasteiger partial charge in [0.1, 0.15) is 17.6 Å². The highest BCUT2D eigenvalue weighted by molar-refractivity contribution is 6.29. The first kappa shape index (κ1) is 11.5. The molecule has 3 aliphatic rings. The van der Waals surface area contributed by atoms with Crippen molar-refractivity contribution in [2.45, 2.75) is 12.8 Å². The zero-order valence-corrected chi connectivity index (χ0v) is 10.5. The Morgan fingerprint density at radius 3 is 2.60 bits per heavy atom. The largest absolute Gasteiger partial charge is 0.271 e. The number of amides is 1. The number of halogens is 1. The van der Waals surface area contributed by atoms with Gasteiger partial charge in [-0.15, -0.1) is 0 Å². The molecule has 100 valence electrons. The molecular weight excluding hydrogens is 259 g/mol. The van der Waals surface area contributed by atoms with Crippen LogP contribution in [0, 0.1) is 17.7 Å². The van der Waals surface area contributed by atoms with Gasteiger partial charge in [0.15, 0.2) is 5.84 Å². The number of hydrogen-bond acceptors (Lipinski definition) is 4. The van der Waals surface area contributed by atoms with Crippen molar-refractivity contribution in [1.82, 2.24) is 0 Å². The quantitative estimate of drug-likeness (QED) is 0.825. The Hall–Kier alpha value is -2.37. The van der Waals surface area contributed by atoms with Crippen LogP contribution in [0.2, 0.25) is 0 Å². The minimum absolute atomic E-state index is 0.217. The van der Waals surface area contributed by atoms with Gasteiger partial charge in [0, 0.05) is 12.1 Å². The summed E-state index contributed by atoms with van der Waals surface area (Å²) in [5, 5.41) is 5.79. The standard InChI is InChI=1S/C14H11FN4O/c15-9-3-5-10(6-4-9)19-13-11(7-16-19)14(20)18-12(17-13)8-1-2-8/h3-8,11H,1-2H2. The van der Waals surface area contributed by atoms with Gasteiger partial charge in [-0.05, 0) is 37.1 Å². The molecule has 1 aromatic rings. The first-order chi connectivity index (χ1) is 9.72. The van der Waals surface area contributed by atoms with Gasteiger partial charge in [0.25, 0.3) is 5.91 Å². The maximum Gasteiger partial charge on any atom is 0.263 e. The van der Waals surface area contributed by atoms with E-state index in [0.717, 1.165) is 12.8 Å². The van der Waals surface area contributed by atoms with E-state index in [2.05, 4.69) is 15.1 Å². The number of carbonyl (C=O) groups excluding carboxylic acids is 1. The molecule has 0 spiro atoms. The number of amidine groups is 2. The summed E-state index contributed by atoms with van der Waals surface area (Å²) >= 11 is 0. The summed E-state index contributed by atoms with van der Waals surface area (Å²) in [6, 6.07) is 5.95. The second kappa shape index (κ2) is 4.06. The van der Waals surface area contributed by atoms with Crippen LogP contribution in [0.25, 0.3) is 0 Å². The highest BCUT2D eigenvalue weighted by Gasteiger charge is 2.39. The summed E-state index contributed by atoms with van der Waals surface area (Å²) in [4.78, 5) is 20.5. The second-order valence-electron chi connectivity index (χ2n) is 5.08.